The summed E-state index contributed by atoms with van der Waals surface area (Å²) in [6.07, 6.45) is 4.33. The molecule has 82 valence electrons. The van der Waals surface area contributed by atoms with E-state index in [1.165, 1.54) is 11.8 Å². The smallest absolute Gasteiger partial charge is 0.219 e. The van der Waals surface area contributed by atoms with E-state index in [0.29, 0.717) is 12.0 Å². The zero-order valence-corrected chi connectivity index (χ0v) is 10.1. The predicted molar refractivity (Wildman–Crippen MR) is 64.9 cm³/mol. The van der Waals surface area contributed by atoms with Crippen molar-refractivity contribution in [3.05, 3.63) is 35.6 Å². The van der Waals surface area contributed by atoms with Crippen LogP contribution >= 0.6 is 11.8 Å². The Morgan fingerprint density at radius 1 is 1.67 bits per heavy atom. The van der Waals surface area contributed by atoms with Crippen LogP contribution < -0.4 is 0 Å². The first-order chi connectivity index (χ1) is 6.96. The maximum absolute atomic E-state index is 11.5. The molecule has 2 nitrogen and oxygen atoms in total. The van der Waals surface area contributed by atoms with E-state index in [9.17, 15) is 9.90 Å². The number of rotatable bonds is 3. The Balaban J connectivity index is 3.20. The van der Waals surface area contributed by atoms with Crippen molar-refractivity contribution in [2.75, 3.05) is 0 Å². The van der Waals surface area contributed by atoms with Gasteiger partial charge in [0.1, 0.15) is 5.76 Å². The minimum atomic E-state index is -0.570. The molecule has 0 saturated carbocycles. The number of hydrogen-bond donors (Lipinski definition) is 1. The maximum Gasteiger partial charge on any atom is 0.219 e. The van der Waals surface area contributed by atoms with Crippen LogP contribution in [-0.2, 0) is 4.79 Å². The fourth-order valence-corrected chi connectivity index (χ4v) is 2.79. The summed E-state index contributed by atoms with van der Waals surface area (Å²) in [5.74, 6) is 0.196. The standard InChI is InChI=1S/C12H16O2S/c1-5-8(3)7-12(6-2)10(13)9(4)11(14)15-12/h5,7,13H,1,6H2,2-4H3/b8-7+/t12-/m0/s1. The lowest BCUT2D eigenvalue weighted by atomic mass is 9.97. The van der Waals surface area contributed by atoms with Gasteiger partial charge in [-0.25, -0.2) is 0 Å². The first-order valence-electron chi connectivity index (χ1n) is 4.92. The quantitative estimate of drug-likeness (QED) is 0.747. The van der Waals surface area contributed by atoms with Crippen LogP contribution in [0, 0.1) is 0 Å². The molecule has 0 amide bonds. The molecule has 0 bridgehead atoms. The molecule has 1 aliphatic rings. The van der Waals surface area contributed by atoms with E-state index in [-0.39, 0.29) is 10.9 Å². The molecule has 3 heteroatoms. The molecular formula is C12H16O2S. The molecule has 1 aliphatic heterocycles. The fourth-order valence-electron chi connectivity index (χ4n) is 1.57. The molecule has 0 spiro atoms. The van der Waals surface area contributed by atoms with Crippen molar-refractivity contribution in [2.24, 2.45) is 0 Å². The first-order valence-corrected chi connectivity index (χ1v) is 5.74. The van der Waals surface area contributed by atoms with Gasteiger partial charge in [0, 0.05) is 5.57 Å². The Kier molecular flexibility index (Phi) is 3.45. The zero-order valence-electron chi connectivity index (χ0n) is 9.33. The van der Waals surface area contributed by atoms with E-state index >= 15 is 0 Å². The Bertz CT molecular complexity index is 366. The molecule has 0 aromatic heterocycles. The number of aliphatic hydroxyl groups is 1. The minimum absolute atomic E-state index is 0.0394. The van der Waals surface area contributed by atoms with Crippen molar-refractivity contribution in [1.82, 2.24) is 0 Å². The number of aliphatic hydroxyl groups excluding tert-OH is 1. The van der Waals surface area contributed by atoms with Crippen LogP contribution in [0.15, 0.2) is 35.6 Å². The van der Waals surface area contributed by atoms with Crippen molar-refractivity contribution < 1.29 is 9.90 Å². The molecule has 1 rings (SSSR count). The number of carbonyl (C=O) groups excluding carboxylic acids is 1. The Labute approximate surface area is 94.8 Å². The van der Waals surface area contributed by atoms with Gasteiger partial charge < -0.3 is 5.11 Å². The Morgan fingerprint density at radius 3 is 2.60 bits per heavy atom. The van der Waals surface area contributed by atoms with Gasteiger partial charge in [0.15, 0.2) is 0 Å². The van der Waals surface area contributed by atoms with Crippen molar-refractivity contribution >= 4 is 16.9 Å². The summed E-state index contributed by atoms with van der Waals surface area (Å²) in [7, 11) is 0. The molecule has 0 radical (unpaired) electrons. The molecule has 1 N–H and O–H groups in total. The van der Waals surface area contributed by atoms with Crippen LogP contribution in [0.2, 0.25) is 0 Å². The summed E-state index contributed by atoms with van der Waals surface area (Å²) in [6, 6.07) is 0. The summed E-state index contributed by atoms with van der Waals surface area (Å²) >= 11 is 1.19. The third-order valence-corrected chi connectivity index (χ3v) is 4.10. The Morgan fingerprint density at radius 2 is 2.27 bits per heavy atom. The van der Waals surface area contributed by atoms with E-state index in [1.807, 2.05) is 19.9 Å². The molecule has 0 unspecified atom stereocenters. The van der Waals surface area contributed by atoms with Crippen LogP contribution in [-0.4, -0.2) is 15.0 Å². The maximum atomic E-state index is 11.5. The molecule has 15 heavy (non-hydrogen) atoms. The normalized spacial score (nSPS) is 27.4. The lowest BCUT2D eigenvalue weighted by Gasteiger charge is -2.22. The highest BCUT2D eigenvalue weighted by Gasteiger charge is 2.42. The van der Waals surface area contributed by atoms with Gasteiger partial charge in [-0.15, -0.1) is 0 Å². The number of hydrogen-bond acceptors (Lipinski definition) is 3. The fraction of sp³-hybridized carbons (Fsp3) is 0.417. The van der Waals surface area contributed by atoms with Crippen LogP contribution in [0.4, 0.5) is 0 Å². The zero-order chi connectivity index (χ0) is 11.6. The van der Waals surface area contributed by atoms with Gasteiger partial charge in [-0.05, 0) is 20.3 Å². The largest absolute Gasteiger partial charge is 0.510 e. The second-order valence-electron chi connectivity index (χ2n) is 3.70. The molecule has 0 saturated heterocycles. The van der Waals surface area contributed by atoms with E-state index < -0.39 is 4.75 Å². The van der Waals surface area contributed by atoms with Gasteiger partial charge >= 0.3 is 0 Å². The van der Waals surface area contributed by atoms with E-state index in [0.717, 1.165) is 5.57 Å². The number of allylic oxidation sites excluding steroid dienone is 2. The average Bonchev–Trinajstić information content (AvgIpc) is 2.44. The number of carbonyl (C=O) groups is 1. The summed E-state index contributed by atoms with van der Waals surface area (Å²) in [6.45, 7) is 9.21. The molecule has 0 aromatic rings. The molecule has 1 atom stereocenters. The van der Waals surface area contributed by atoms with E-state index in [4.69, 9.17) is 0 Å². The van der Waals surface area contributed by atoms with E-state index in [1.54, 1.807) is 13.0 Å². The van der Waals surface area contributed by atoms with Crippen LogP contribution in [0.1, 0.15) is 27.2 Å². The second-order valence-corrected chi connectivity index (χ2v) is 5.00. The summed E-state index contributed by atoms with van der Waals surface area (Å²) in [5, 5.41) is 9.94. The van der Waals surface area contributed by atoms with Gasteiger partial charge in [-0.2, -0.15) is 0 Å². The van der Waals surface area contributed by atoms with E-state index in [2.05, 4.69) is 6.58 Å². The van der Waals surface area contributed by atoms with Crippen LogP contribution in [0.5, 0.6) is 0 Å². The summed E-state index contributed by atoms with van der Waals surface area (Å²) in [4.78, 5) is 11.5. The lowest BCUT2D eigenvalue weighted by Crippen LogP contribution is -2.21. The summed E-state index contributed by atoms with van der Waals surface area (Å²) < 4.78 is -0.570. The lowest BCUT2D eigenvalue weighted by molar-refractivity contribution is -0.107. The van der Waals surface area contributed by atoms with Crippen molar-refractivity contribution in [1.29, 1.82) is 0 Å². The minimum Gasteiger partial charge on any atom is -0.510 e. The van der Waals surface area contributed by atoms with Gasteiger partial charge in [0.2, 0.25) is 5.12 Å². The average molecular weight is 224 g/mol. The second kappa shape index (κ2) is 4.27. The molecule has 1 heterocycles. The van der Waals surface area contributed by atoms with Crippen molar-refractivity contribution in [2.45, 2.75) is 31.9 Å². The number of thioether (sulfide) groups is 1. The van der Waals surface area contributed by atoms with Crippen molar-refractivity contribution in [3.63, 3.8) is 0 Å². The summed E-state index contributed by atoms with van der Waals surface area (Å²) in [5.41, 5.74) is 1.44. The third-order valence-electron chi connectivity index (χ3n) is 2.65. The van der Waals surface area contributed by atoms with Gasteiger partial charge in [0.05, 0.1) is 4.75 Å². The molecular weight excluding hydrogens is 208 g/mol. The molecule has 0 aliphatic carbocycles. The highest BCUT2D eigenvalue weighted by atomic mass is 32.2. The van der Waals surface area contributed by atoms with Gasteiger partial charge in [-0.1, -0.05) is 43.0 Å². The molecule has 0 aromatic carbocycles. The highest BCUT2D eigenvalue weighted by molar-refractivity contribution is 8.16. The SMILES string of the molecule is C=C/C(C)=C/[C@]1(CC)SC(=O)C(C)=C1O. The topological polar surface area (TPSA) is 37.3 Å². The van der Waals surface area contributed by atoms with Crippen LogP contribution in [0.3, 0.4) is 0 Å². The highest BCUT2D eigenvalue weighted by Crippen LogP contribution is 2.46. The first kappa shape index (κ1) is 12.1. The molecule has 0 fully saturated rings. The van der Waals surface area contributed by atoms with Crippen molar-refractivity contribution in [3.8, 4) is 0 Å². The predicted octanol–water partition coefficient (Wildman–Crippen LogP) is 3.37. The third kappa shape index (κ3) is 2.02. The van der Waals surface area contributed by atoms with Crippen LogP contribution in [0.25, 0.3) is 0 Å². The monoisotopic (exact) mass is 224 g/mol. The van der Waals surface area contributed by atoms with Gasteiger partial charge in [0.25, 0.3) is 0 Å². The van der Waals surface area contributed by atoms with Gasteiger partial charge in [-0.3, -0.25) is 4.79 Å². The Hall–Kier alpha value is -0.960.